The van der Waals surface area contributed by atoms with E-state index in [9.17, 15) is 13.2 Å². The number of phenols is 1. The Hall–Kier alpha value is -1.23. The molecule has 5 heteroatoms. The summed E-state index contributed by atoms with van der Waals surface area (Å²) in [4.78, 5) is 0. The molecule has 0 aliphatic heterocycles. The smallest absolute Gasteiger partial charge is 0.401 e. The Morgan fingerprint density at radius 2 is 1.71 bits per heavy atom. The summed E-state index contributed by atoms with van der Waals surface area (Å²) < 4.78 is 35.2. The Morgan fingerprint density at radius 1 is 1.14 bits per heavy atom. The molecule has 1 aromatic rings. The van der Waals surface area contributed by atoms with Crippen molar-refractivity contribution in [2.45, 2.75) is 12.7 Å². The first-order valence-electron chi connectivity index (χ1n) is 4.03. The van der Waals surface area contributed by atoms with Crippen molar-refractivity contribution >= 4 is 0 Å². The molecule has 0 unspecified atom stereocenters. The number of alkyl halides is 3. The maximum atomic E-state index is 11.7. The van der Waals surface area contributed by atoms with Gasteiger partial charge >= 0.3 is 6.18 Å². The lowest BCUT2D eigenvalue weighted by Gasteiger charge is -2.07. The van der Waals surface area contributed by atoms with Crippen molar-refractivity contribution in [2.24, 2.45) is 0 Å². The van der Waals surface area contributed by atoms with Crippen LogP contribution in [0.25, 0.3) is 0 Å². The van der Waals surface area contributed by atoms with Gasteiger partial charge in [-0.05, 0) is 17.7 Å². The molecule has 0 saturated heterocycles. The molecule has 1 rings (SSSR count). The summed E-state index contributed by atoms with van der Waals surface area (Å²) in [6, 6.07) is 6.01. The number of benzene rings is 1. The number of hydrogen-bond donors (Lipinski definition) is 2. The average Bonchev–Trinajstić information content (AvgIpc) is 2.06. The highest BCUT2D eigenvalue weighted by Gasteiger charge is 2.25. The van der Waals surface area contributed by atoms with E-state index in [2.05, 4.69) is 5.32 Å². The molecule has 2 N–H and O–H groups in total. The van der Waals surface area contributed by atoms with E-state index < -0.39 is 12.7 Å². The van der Waals surface area contributed by atoms with Crippen molar-refractivity contribution in [1.82, 2.24) is 5.32 Å². The van der Waals surface area contributed by atoms with Crippen molar-refractivity contribution in [3.05, 3.63) is 29.8 Å². The standard InChI is InChI=1S/C9H10F3NO/c10-9(11,12)6-13-5-7-1-3-8(14)4-2-7/h1-4,13-14H,5-6H2. The number of hydrogen-bond acceptors (Lipinski definition) is 2. The molecule has 2 nitrogen and oxygen atoms in total. The van der Waals surface area contributed by atoms with Crippen LogP contribution in [-0.2, 0) is 6.54 Å². The van der Waals surface area contributed by atoms with Gasteiger partial charge in [0, 0.05) is 6.54 Å². The fourth-order valence-corrected chi connectivity index (χ4v) is 0.962. The Morgan fingerprint density at radius 3 is 2.21 bits per heavy atom. The monoisotopic (exact) mass is 205 g/mol. The molecular weight excluding hydrogens is 195 g/mol. The van der Waals surface area contributed by atoms with Crippen LogP contribution in [-0.4, -0.2) is 17.8 Å². The van der Waals surface area contributed by atoms with Gasteiger partial charge in [-0.25, -0.2) is 0 Å². The molecule has 0 aliphatic carbocycles. The van der Waals surface area contributed by atoms with Crippen LogP contribution < -0.4 is 5.32 Å². The topological polar surface area (TPSA) is 32.3 Å². The largest absolute Gasteiger partial charge is 0.508 e. The normalized spacial score (nSPS) is 11.6. The molecule has 0 heterocycles. The van der Waals surface area contributed by atoms with Crippen LogP contribution >= 0.6 is 0 Å². The molecule has 0 amide bonds. The van der Waals surface area contributed by atoms with Gasteiger partial charge in [0.25, 0.3) is 0 Å². The molecule has 0 bridgehead atoms. The van der Waals surface area contributed by atoms with Gasteiger partial charge in [0.2, 0.25) is 0 Å². The van der Waals surface area contributed by atoms with Gasteiger partial charge < -0.3 is 10.4 Å². The van der Waals surface area contributed by atoms with Gasteiger partial charge in [-0.15, -0.1) is 0 Å². The highest BCUT2D eigenvalue weighted by molar-refractivity contribution is 5.25. The zero-order chi connectivity index (χ0) is 10.6. The Labute approximate surface area is 79.4 Å². The SMILES string of the molecule is Oc1ccc(CNCC(F)(F)F)cc1. The number of phenolic OH excluding ortho intramolecular Hbond substituents is 1. The van der Waals surface area contributed by atoms with Gasteiger partial charge in [-0.1, -0.05) is 12.1 Å². The molecule has 0 fully saturated rings. The van der Waals surface area contributed by atoms with Crippen LogP contribution in [0, 0.1) is 0 Å². The molecule has 0 aromatic heterocycles. The molecule has 0 spiro atoms. The average molecular weight is 205 g/mol. The Kier molecular flexibility index (Phi) is 3.35. The predicted molar refractivity (Wildman–Crippen MR) is 45.9 cm³/mol. The van der Waals surface area contributed by atoms with Gasteiger partial charge in [0.15, 0.2) is 0 Å². The number of aromatic hydroxyl groups is 1. The molecular formula is C9H10F3NO. The number of halogens is 3. The first-order chi connectivity index (χ1) is 6.47. The minimum Gasteiger partial charge on any atom is -0.508 e. The van der Waals surface area contributed by atoms with Gasteiger partial charge in [-0.3, -0.25) is 0 Å². The van der Waals surface area contributed by atoms with Crippen molar-refractivity contribution < 1.29 is 18.3 Å². The quantitative estimate of drug-likeness (QED) is 0.791. The van der Waals surface area contributed by atoms with Crippen LogP contribution in [0.4, 0.5) is 13.2 Å². The fraction of sp³-hybridized carbons (Fsp3) is 0.333. The molecule has 0 aliphatic rings. The molecule has 14 heavy (non-hydrogen) atoms. The summed E-state index contributed by atoms with van der Waals surface area (Å²) in [6.07, 6.45) is -4.18. The zero-order valence-corrected chi connectivity index (χ0v) is 7.30. The van der Waals surface area contributed by atoms with E-state index in [1.165, 1.54) is 12.1 Å². The molecule has 0 atom stereocenters. The van der Waals surface area contributed by atoms with E-state index in [-0.39, 0.29) is 12.3 Å². The van der Waals surface area contributed by atoms with Crippen LogP contribution in [0.1, 0.15) is 5.56 Å². The number of rotatable bonds is 3. The third-order valence-corrected chi connectivity index (χ3v) is 1.59. The maximum Gasteiger partial charge on any atom is 0.401 e. The summed E-state index contributed by atoms with van der Waals surface area (Å²) in [5.74, 6) is 0.101. The van der Waals surface area contributed by atoms with Crippen molar-refractivity contribution in [3.8, 4) is 5.75 Å². The van der Waals surface area contributed by atoms with Crippen LogP contribution in [0.15, 0.2) is 24.3 Å². The Bertz CT molecular complexity index is 281. The van der Waals surface area contributed by atoms with E-state index in [4.69, 9.17) is 5.11 Å². The van der Waals surface area contributed by atoms with E-state index >= 15 is 0 Å². The van der Waals surface area contributed by atoms with E-state index in [1.54, 1.807) is 12.1 Å². The first-order valence-corrected chi connectivity index (χ1v) is 4.03. The van der Waals surface area contributed by atoms with Crippen LogP contribution in [0.3, 0.4) is 0 Å². The first kappa shape index (κ1) is 10.8. The highest BCUT2D eigenvalue weighted by Crippen LogP contribution is 2.13. The second-order valence-electron chi connectivity index (χ2n) is 2.89. The lowest BCUT2D eigenvalue weighted by atomic mass is 10.2. The van der Waals surface area contributed by atoms with Crippen LogP contribution in [0.2, 0.25) is 0 Å². The molecule has 0 saturated carbocycles. The lowest BCUT2D eigenvalue weighted by molar-refractivity contribution is -0.125. The van der Waals surface area contributed by atoms with Crippen molar-refractivity contribution in [3.63, 3.8) is 0 Å². The highest BCUT2D eigenvalue weighted by atomic mass is 19.4. The second kappa shape index (κ2) is 4.32. The third kappa shape index (κ3) is 4.13. The van der Waals surface area contributed by atoms with E-state index in [1.807, 2.05) is 0 Å². The summed E-state index contributed by atoms with van der Waals surface area (Å²) in [7, 11) is 0. The molecule has 1 aromatic carbocycles. The second-order valence-corrected chi connectivity index (χ2v) is 2.89. The molecule has 78 valence electrons. The van der Waals surface area contributed by atoms with Gasteiger partial charge in [0.05, 0.1) is 6.54 Å². The summed E-state index contributed by atoms with van der Waals surface area (Å²) in [6.45, 7) is -0.867. The third-order valence-electron chi connectivity index (χ3n) is 1.59. The van der Waals surface area contributed by atoms with E-state index in [0.717, 1.165) is 0 Å². The minimum atomic E-state index is -4.18. The van der Waals surface area contributed by atoms with Crippen molar-refractivity contribution in [1.29, 1.82) is 0 Å². The van der Waals surface area contributed by atoms with Crippen molar-refractivity contribution in [2.75, 3.05) is 6.54 Å². The predicted octanol–water partition coefficient (Wildman–Crippen LogP) is 2.04. The summed E-state index contributed by atoms with van der Waals surface area (Å²) >= 11 is 0. The minimum absolute atomic E-state index is 0.101. The zero-order valence-electron chi connectivity index (χ0n) is 7.30. The fourth-order valence-electron chi connectivity index (χ4n) is 0.962. The summed E-state index contributed by atoms with van der Waals surface area (Å²) in [5.41, 5.74) is 0.701. The lowest BCUT2D eigenvalue weighted by Crippen LogP contribution is -2.28. The van der Waals surface area contributed by atoms with Gasteiger partial charge in [-0.2, -0.15) is 13.2 Å². The summed E-state index contributed by atoms with van der Waals surface area (Å²) in [5, 5.41) is 11.2. The number of nitrogens with one attached hydrogen (secondary N) is 1. The Balaban J connectivity index is 2.35. The van der Waals surface area contributed by atoms with Crippen LogP contribution in [0.5, 0.6) is 5.75 Å². The van der Waals surface area contributed by atoms with E-state index in [0.29, 0.717) is 5.56 Å². The van der Waals surface area contributed by atoms with Gasteiger partial charge in [0.1, 0.15) is 5.75 Å². The maximum absolute atomic E-state index is 11.7. The molecule has 0 radical (unpaired) electrons.